The molecule has 0 fully saturated rings. The van der Waals surface area contributed by atoms with E-state index in [0.29, 0.717) is 17.7 Å². The van der Waals surface area contributed by atoms with E-state index >= 15 is 8.78 Å². The molecule has 0 bridgehead atoms. The summed E-state index contributed by atoms with van der Waals surface area (Å²) >= 11 is 0. The fourth-order valence-electron chi connectivity index (χ4n) is 5.39. The van der Waals surface area contributed by atoms with Crippen molar-refractivity contribution in [2.24, 2.45) is 0 Å². The first kappa shape index (κ1) is 37.3. The molecule has 0 unspecified atom stereocenters. The summed E-state index contributed by atoms with van der Waals surface area (Å²) in [5, 5.41) is 2.35. The third-order valence-electron chi connectivity index (χ3n) is 8.52. The number of carbonyl (C=O) groups excluding carboxylic acids is 4. The topological polar surface area (TPSA) is 108 Å². The van der Waals surface area contributed by atoms with Gasteiger partial charge in [0.25, 0.3) is 5.91 Å². The van der Waals surface area contributed by atoms with Crippen LogP contribution in [0.4, 0.5) is 37.2 Å². The minimum Gasteiger partial charge on any atom is -0.461 e. The largest absolute Gasteiger partial charge is 0.461 e. The highest BCUT2D eigenvalue weighted by Crippen LogP contribution is 2.38. The summed E-state index contributed by atoms with van der Waals surface area (Å²) in [6, 6.07) is 14.6. The van der Waals surface area contributed by atoms with E-state index in [0.717, 1.165) is 27.5 Å². The zero-order chi connectivity index (χ0) is 37.7. The van der Waals surface area contributed by atoms with Crippen molar-refractivity contribution in [3.63, 3.8) is 0 Å². The molecule has 1 N–H and O–H groups in total. The zero-order valence-corrected chi connectivity index (χ0v) is 28.2. The van der Waals surface area contributed by atoms with E-state index in [2.05, 4.69) is 5.32 Å². The van der Waals surface area contributed by atoms with Crippen molar-refractivity contribution in [3.05, 3.63) is 130 Å². The lowest BCUT2D eigenvalue weighted by Gasteiger charge is -2.39. The number of hydrogen-bond acceptors (Lipinski definition) is 6. The van der Waals surface area contributed by atoms with Gasteiger partial charge in [0.2, 0.25) is 0 Å². The van der Waals surface area contributed by atoms with Crippen LogP contribution in [-0.4, -0.2) is 54.4 Å². The van der Waals surface area contributed by atoms with Gasteiger partial charge in [-0.25, -0.2) is 31.5 Å². The van der Waals surface area contributed by atoms with Crippen LogP contribution < -0.4 is 15.0 Å². The normalized spacial score (nSPS) is 13.8. The molecule has 0 radical (unpaired) electrons. The van der Waals surface area contributed by atoms with Gasteiger partial charge in [-0.3, -0.25) is 14.5 Å². The Morgan fingerprint density at radius 2 is 1.50 bits per heavy atom. The van der Waals surface area contributed by atoms with E-state index in [1.165, 1.54) is 31.1 Å². The Kier molecular flexibility index (Phi) is 11.4. The van der Waals surface area contributed by atoms with Gasteiger partial charge in [-0.15, -0.1) is 0 Å². The lowest BCUT2D eigenvalue weighted by molar-refractivity contribution is -0.145. The summed E-state index contributed by atoms with van der Waals surface area (Å²) in [5.41, 5.74) is 0.331. The highest BCUT2D eigenvalue weighted by molar-refractivity contribution is 5.99. The summed E-state index contributed by atoms with van der Waals surface area (Å²) in [6.07, 6.45) is -1.15. The van der Waals surface area contributed by atoms with Crippen molar-refractivity contribution >= 4 is 29.7 Å². The van der Waals surface area contributed by atoms with Crippen LogP contribution in [-0.2, 0) is 29.2 Å². The maximum absolute atomic E-state index is 15.4. The number of ether oxygens (including phenoxy) is 2. The van der Waals surface area contributed by atoms with Gasteiger partial charge < -0.3 is 24.6 Å². The molecule has 4 aromatic rings. The highest BCUT2D eigenvalue weighted by atomic mass is 19.2. The molecule has 1 atom stereocenters. The number of nitrogens with zero attached hydrogens (tertiary/aromatic N) is 3. The van der Waals surface area contributed by atoms with Gasteiger partial charge in [0, 0.05) is 68.1 Å². The number of hydrogen-bond donors (Lipinski definition) is 1. The number of rotatable bonds is 11. The fourth-order valence-corrected chi connectivity index (χ4v) is 5.39. The van der Waals surface area contributed by atoms with Gasteiger partial charge in [0.1, 0.15) is 41.4 Å². The third kappa shape index (κ3) is 8.48. The van der Waals surface area contributed by atoms with Crippen molar-refractivity contribution in [1.82, 2.24) is 15.1 Å². The second-order valence-electron chi connectivity index (χ2n) is 12.0. The molecule has 4 amide bonds. The quantitative estimate of drug-likeness (QED) is 0.132. The van der Waals surface area contributed by atoms with E-state index in [1.807, 2.05) is 6.07 Å². The molecule has 1 aliphatic rings. The van der Waals surface area contributed by atoms with Gasteiger partial charge >= 0.3 is 18.1 Å². The molecule has 272 valence electrons. The van der Waals surface area contributed by atoms with Crippen molar-refractivity contribution < 1.29 is 50.6 Å². The van der Waals surface area contributed by atoms with E-state index in [1.54, 1.807) is 37.3 Å². The number of amides is 4. The van der Waals surface area contributed by atoms with Crippen molar-refractivity contribution in [2.75, 3.05) is 25.5 Å². The molecule has 1 aliphatic heterocycles. The summed E-state index contributed by atoms with van der Waals surface area (Å²) in [6.45, 7) is 0.431. The molecule has 15 heteroatoms. The number of halogens is 5. The second kappa shape index (κ2) is 15.9. The molecule has 10 nitrogen and oxygen atoms in total. The average molecular weight is 725 g/mol. The predicted octanol–water partition coefficient (Wildman–Crippen LogP) is 7.01. The van der Waals surface area contributed by atoms with Crippen LogP contribution in [0.5, 0.6) is 5.75 Å². The summed E-state index contributed by atoms with van der Waals surface area (Å²) < 4.78 is 82.6. The average Bonchev–Trinajstić information content (AvgIpc) is 3.11. The first-order valence-electron chi connectivity index (χ1n) is 15.9. The fraction of sp³-hybridized carbons (Fsp3) is 0.243. The Hall–Kier alpha value is -5.99. The number of nitrogens with one attached hydrogen (secondary N) is 1. The maximum atomic E-state index is 15.4. The van der Waals surface area contributed by atoms with Crippen molar-refractivity contribution in [3.8, 4) is 5.75 Å². The first-order valence-corrected chi connectivity index (χ1v) is 15.9. The van der Waals surface area contributed by atoms with Gasteiger partial charge in [-0.1, -0.05) is 36.4 Å². The number of anilines is 1. The molecular formula is C37H33F5N4O6. The summed E-state index contributed by atoms with van der Waals surface area (Å²) in [4.78, 5) is 54.5. The Morgan fingerprint density at radius 1 is 0.865 bits per heavy atom. The van der Waals surface area contributed by atoms with Gasteiger partial charge in [-0.05, 0) is 30.2 Å². The molecule has 52 heavy (non-hydrogen) atoms. The third-order valence-corrected chi connectivity index (χ3v) is 8.52. The Balaban J connectivity index is 1.26. The van der Waals surface area contributed by atoms with Crippen LogP contribution in [0.2, 0.25) is 0 Å². The number of benzene rings is 4. The molecule has 0 aliphatic carbocycles. The molecule has 0 aromatic heterocycles. The molecule has 0 saturated carbocycles. The summed E-state index contributed by atoms with van der Waals surface area (Å²) in [5.74, 6) is -7.59. The predicted molar refractivity (Wildman–Crippen MR) is 178 cm³/mol. The first-order chi connectivity index (χ1) is 24.7. The van der Waals surface area contributed by atoms with Crippen LogP contribution in [0.3, 0.4) is 0 Å². The van der Waals surface area contributed by atoms with Crippen LogP contribution >= 0.6 is 0 Å². The van der Waals surface area contributed by atoms with Crippen LogP contribution in [0.25, 0.3) is 0 Å². The van der Waals surface area contributed by atoms with Crippen LogP contribution in [0.1, 0.15) is 52.0 Å². The zero-order valence-electron chi connectivity index (χ0n) is 28.2. The van der Waals surface area contributed by atoms with E-state index < -0.39 is 89.1 Å². The van der Waals surface area contributed by atoms with E-state index in [9.17, 15) is 32.3 Å². The highest BCUT2D eigenvalue weighted by Gasteiger charge is 2.35. The molecule has 5 rings (SSSR count). The number of urea groups is 1. The van der Waals surface area contributed by atoms with Gasteiger partial charge in [0.15, 0.2) is 0 Å². The Labute approximate surface area is 295 Å². The van der Waals surface area contributed by atoms with Gasteiger partial charge in [-0.2, -0.15) is 0 Å². The Bertz CT molecular complexity index is 1970. The molecule has 4 aromatic carbocycles. The van der Waals surface area contributed by atoms with E-state index in [4.69, 9.17) is 9.47 Å². The standard InChI is InChI=1S/C37H33F5N4O6/c1-21-26-10-9-23(35(48)43-18-27-29(39)14-24(38)15-30(27)40)13-33(26)46(36(49)45(21)3)19-28-31(41)16-25(17-32(28)42)52-37(50)44(2)12-11-34(47)51-20-22-7-5-4-6-8-22/h4-10,13-17,21H,11-12,18-20H2,1-3H3,(H,43,48)/t21-/m0/s1. The lowest BCUT2D eigenvalue weighted by Crippen LogP contribution is -2.47. The van der Waals surface area contributed by atoms with Crippen molar-refractivity contribution in [2.45, 2.75) is 39.1 Å². The summed E-state index contributed by atoms with van der Waals surface area (Å²) in [7, 11) is 2.82. The minimum absolute atomic E-state index is 0.0342. The monoisotopic (exact) mass is 724 g/mol. The lowest BCUT2D eigenvalue weighted by atomic mass is 9.98. The minimum atomic E-state index is -1.19. The molecule has 1 heterocycles. The van der Waals surface area contributed by atoms with Crippen LogP contribution in [0, 0.1) is 29.1 Å². The maximum Gasteiger partial charge on any atom is 0.414 e. The molecular weight excluding hydrogens is 691 g/mol. The van der Waals surface area contributed by atoms with Crippen LogP contribution in [0.15, 0.2) is 72.8 Å². The second-order valence-corrected chi connectivity index (χ2v) is 12.0. The Morgan fingerprint density at radius 3 is 2.15 bits per heavy atom. The van der Waals surface area contributed by atoms with Gasteiger partial charge in [0.05, 0.1) is 24.7 Å². The SMILES string of the molecule is C[C@H]1c2ccc(C(=O)NCc3c(F)cc(F)cc3F)cc2N(Cc2c(F)cc(OC(=O)N(C)CCC(=O)OCc3ccccc3)cc2F)C(=O)N1C. The van der Waals surface area contributed by atoms with Crippen molar-refractivity contribution in [1.29, 1.82) is 0 Å². The molecule has 0 spiro atoms. The number of carbonyl (C=O) groups is 4. The number of fused-ring (bicyclic) bond motifs is 1. The van der Waals surface area contributed by atoms with E-state index in [-0.39, 0.29) is 30.8 Å². The number of esters is 1. The molecule has 0 saturated heterocycles. The smallest absolute Gasteiger partial charge is 0.414 e.